The van der Waals surface area contributed by atoms with Crippen molar-refractivity contribution in [1.82, 2.24) is 20.5 Å². The number of rotatable bonds is 8. The lowest BCUT2D eigenvalue weighted by Crippen LogP contribution is -2.38. The van der Waals surface area contributed by atoms with Crippen LogP contribution in [0.2, 0.25) is 0 Å². The topological polar surface area (TPSA) is 115 Å². The molecule has 1 aliphatic heterocycles. The van der Waals surface area contributed by atoms with Crippen molar-refractivity contribution in [3.63, 3.8) is 0 Å². The highest BCUT2D eigenvalue weighted by Gasteiger charge is 2.39. The standard InChI is InChI=1S/C23H24N4O4/c28-14-20(15-6-2-1-3-7-15)25-21(29)12-19-22(30)27(23(31)26-19)11-10-16-13-24-18-9-5-4-8-17(16)18/h1-9,13,19-20,24,28H,10-12,14H2,(H,25,29)(H,26,31)/t19-,20+/m0/s1. The van der Waals surface area contributed by atoms with Crippen LogP contribution in [0.1, 0.15) is 23.6 Å². The molecule has 4 amide bonds. The second-order valence-corrected chi connectivity index (χ2v) is 7.52. The molecular weight excluding hydrogens is 396 g/mol. The molecule has 160 valence electrons. The Bertz CT molecular complexity index is 1100. The molecule has 0 saturated carbocycles. The van der Waals surface area contributed by atoms with Crippen molar-refractivity contribution in [3.05, 3.63) is 71.9 Å². The van der Waals surface area contributed by atoms with E-state index in [4.69, 9.17) is 0 Å². The minimum atomic E-state index is -0.911. The van der Waals surface area contributed by atoms with Crippen LogP contribution in [-0.4, -0.2) is 52.0 Å². The van der Waals surface area contributed by atoms with E-state index in [9.17, 15) is 19.5 Å². The van der Waals surface area contributed by atoms with Gasteiger partial charge in [0.25, 0.3) is 5.91 Å². The number of hydrogen-bond acceptors (Lipinski definition) is 4. The smallest absolute Gasteiger partial charge is 0.324 e. The van der Waals surface area contributed by atoms with E-state index in [1.807, 2.05) is 48.7 Å². The summed E-state index contributed by atoms with van der Waals surface area (Å²) in [7, 11) is 0. The molecule has 1 saturated heterocycles. The fourth-order valence-electron chi connectivity index (χ4n) is 3.86. The summed E-state index contributed by atoms with van der Waals surface area (Å²) in [5, 5.41) is 16.0. The van der Waals surface area contributed by atoms with Crippen LogP contribution in [0.3, 0.4) is 0 Å². The van der Waals surface area contributed by atoms with Crippen LogP contribution < -0.4 is 10.6 Å². The lowest BCUT2D eigenvalue weighted by molar-refractivity contribution is -0.131. The average Bonchev–Trinajstić information content (AvgIpc) is 3.31. The molecule has 0 radical (unpaired) electrons. The van der Waals surface area contributed by atoms with Gasteiger partial charge in [0.15, 0.2) is 0 Å². The maximum atomic E-state index is 12.7. The number of urea groups is 1. The summed E-state index contributed by atoms with van der Waals surface area (Å²) >= 11 is 0. The number of amides is 4. The van der Waals surface area contributed by atoms with Crippen LogP contribution in [0, 0.1) is 0 Å². The van der Waals surface area contributed by atoms with Crippen molar-refractivity contribution in [2.24, 2.45) is 0 Å². The van der Waals surface area contributed by atoms with E-state index in [2.05, 4.69) is 15.6 Å². The van der Waals surface area contributed by atoms with Crippen LogP contribution in [0.25, 0.3) is 10.9 Å². The molecular formula is C23H24N4O4. The van der Waals surface area contributed by atoms with Gasteiger partial charge >= 0.3 is 6.03 Å². The van der Waals surface area contributed by atoms with Crippen molar-refractivity contribution in [1.29, 1.82) is 0 Å². The number of carbonyl (C=O) groups excluding carboxylic acids is 3. The third kappa shape index (κ3) is 4.44. The Hall–Kier alpha value is -3.65. The van der Waals surface area contributed by atoms with E-state index in [1.165, 1.54) is 0 Å². The second kappa shape index (κ2) is 9.01. The van der Waals surface area contributed by atoms with Crippen LogP contribution in [0.5, 0.6) is 0 Å². The van der Waals surface area contributed by atoms with Crippen molar-refractivity contribution >= 4 is 28.7 Å². The highest BCUT2D eigenvalue weighted by atomic mass is 16.3. The zero-order valence-corrected chi connectivity index (χ0v) is 16.9. The Kier molecular flexibility index (Phi) is 5.99. The number of imide groups is 1. The van der Waals surface area contributed by atoms with E-state index in [-0.39, 0.29) is 19.6 Å². The number of fused-ring (bicyclic) bond motifs is 1. The first-order valence-corrected chi connectivity index (χ1v) is 10.2. The molecule has 0 bridgehead atoms. The summed E-state index contributed by atoms with van der Waals surface area (Å²) in [6.07, 6.45) is 2.22. The number of hydrogen-bond donors (Lipinski definition) is 4. The number of benzene rings is 2. The predicted molar refractivity (Wildman–Crippen MR) is 115 cm³/mol. The number of aromatic amines is 1. The normalized spacial score (nSPS) is 17.1. The van der Waals surface area contributed by atoms with Crippen LogP contribution in [0.15, 0.2) is 60.8 Å². The molecule has 1 fully saturated rings. The van der Waals surface area contributed by atoms with Gasteiger partial charge in [-0.1, -0.05) is 48.5 Å². The zero-order chi connectivity index (χ0) is 21.8. The third-order valence-electron chi connectivity index (χ3n) is 5.50. The van der Waals surface area contributed by atoms with Gasteiger partial charge in [0.1, 0.15) is 6.04 Å². The molecule has 8 heteroatoms. The maximum Gasteiger partial charge on any atom is 0.324 e. The fraction of sp³-hybridized carbons (Fsp3) is 0.261. The maximum absolute atomic E-state index is 12.7. The third-order valence-corrected chi connectivity index (χ3v) is 5.50. The molecule has 0 unspecified atom stereocenters. The SMILES string of the molecule is O=C(C[C@@H]1NC(=O)N(CCc2c[nH]c3ccccc23)C1=O)N[C@H](CO)c1ccccc1. The Morgan fingerprint density at radius 1 is 1.10 bits per heavy atom. The van der Waals surface area contributed by atoms with Gasteiger partial charge in [-0.2, -0.15) is 0 Å². The summed E-state index contributed by atoms with van der Waals surface area (Å²) in [6, 6.07) is 14.9. The minimum absolute atomic E-state index is 0.183. The summed E-state index contributed by atoms with van der Waals surface area (Å²) in [5.41, 5.74) is 2.78. The molecule has 2 heterocycles. The Balaban J connectivity index is 1.35. The number of nitrogens with zero attached hydrogens (tertiary/aromatic N) is 1. The number of aromatic nitrogens is 1. The molecule has 31 heavy (non-hydrogen) atoms. The molecule has 8 nitrogen and oxygen atoms in total. The van der Waals surface area contributed by atoms with Crippen molar-refractivity contribution in [3.8, 4) is 0 Å². The molecule has 1 aromatic heterocycles. The first kappa shape index (κ1) is 20.6. The van der Waals surface area contributed by atoms with Gasteiger partial charge in [-0.05, 0) is 23.6 Å². The average molecular weight is 420 g/mol. The van der Waals surface area contributed by atoms with Gasteiger partial charge in [-0.3, -0.25) is 14.5 Å². The van der Waals surface area contributed by atoms with Crippen molar-refractivity contribution in [2.45, 2.75) is 24.9 Å². The van der Waals surface area contributed by atoms with Gasteiger partial charge in [-0.15, -0.1) is 0 Å². The number of aliphatic hydroxyl groups is 1. The summed E-state index contributed by atoms with van der Waals surface area (Å²) < 4.78 is 0. The minimum Gasteiger partial charge on any atom is -0.394 e. The number of H-pyrrole nitrogens is 1. The molecule has 2 atom stereocenters. The molecule has 4 rings (SSSR count). The first-order valence-electron chi connectivity index (χ1n) is 10.2. The predicted octanol–water partition coefficient (Wildman–Crippen LogP) is 1.87. The number of nitrogens with one attached hydrogen (secondary N) is 3. The van der Waals surface area contributed by atoms with Gasteiger partial charge in [0.2, 0.25) is 5.91 Å². The molecule has 2 aromatic carbocycles. The fourth-order valence-corrected chi connectivity index (χ4v) is 3.86. The van der Waals surface area contributed by atoms with Gasteiger partial charge in [-0.25, -0.2) is 4.79 Å². The largest absolute Gasteiger partial charge is 0.394 e. The van der Waals surface area contributed by atoms with Crippen LogP contribution in [0.4, 0.5) is 4.79 Å². The van der Waals surface area contributed by atoms with Crippen molar-refractivity contribution in [2.75, 3.05) is 13.2 Å². The highest BCUT2D eigenvalue weighted by Crippen LogP contribution is 2.20. The van der Waals surface area contributed by atoms with Crippen molar-refractivity contribution < 1.29 is 19.5 Å². The Labute approximate surface area is 179 Å². The van der Waals surface area contributed by atoms with E-state index < -0.39 is 29.9 Å². The number of para-hydroxylation sites is 1. The van der Waals surface area contributed by atoms with Crippen LogP contribution in [-0.2, 0) is 16.0 Å². The lowest BCUT2D eigenvalue weighted by atomic mass is 10.1. The van der Waals surface area contributed by atoms with Gasteiger partial charge in [0.05, 0.1) is 19.1 Å². The summed E-state index contributed by atoms with van der Waals surface area (Å²) in [4.78, 5) is 41.8. The first-order chi connectivity index (χ1) is 15.1. The summed E-state index contributed by atoms with van der Waals surface area (Å²) in [6.45, 7) is -0.0363. The Morgan fingerprint density at radius 2 is 1.84 bits per heavy atom. The second-order valence-electron chi connectivity index (χ2n) is 7.52. The van der Waals surface area contributed by atoms with E-state index in [0.717, 1.165) is 26.9 Å². The molecule has 4 N–H and O–H groups in total. The summed E-state index contributed by atoms with van der Waals surface area (Å²) in [5.74, 6) is -0.833. The molecule has 0 spiro atoms. The molecule has 0 aliphatic carbocycles. The molecule has 1 aliphatic rings. The highest BCUT2D eigenvalue weighted by molar-refractivity contribution is 6.05. The lowest BCUT2D eigenvalue weighted by Gasteiger charge is -2.18. The molecule has 3 aromatic rings. The van der Waals surface area contributed by atoms with Gasteiger partial charge < -0.3 is 20.7 Å². The van der Waals surface area contributed by atoms with E-state index >= 15 is 0 Å². The quantitative estimate of drug-likeness (QED) is 0.417. The number of aliphatic hydroxyl groups excluding tert-OH is 1. The Morgan fingerprint density at radius 3 is 2.61 bits per heavy atom. The zero-order valence-electron chi connectivity index (χ0n) is 16.9. The monoisotopic (exact) mass is 420 g/mol. The van der Waals surface area contributed by atoms with Crippen LogP contribution >= 0.6 is 0 Å². The van der Waals surface area contributed by atoms with E-state index in [0.29, 0.717) is 6.42 Å². The number of carbonyl (C=O) groups is 3. The van der Waals surface area contributed by atoms with E-state index in [1.54, 1.807) is 12.1 Å². The van der Waals surface area contributed by atoms with Gasteiger partial charge in [0, 0.05) is 23.6 Å².